The maximum absolute atomic E-state index is 12.8. The van der Waals surface area contributed by atoms with Gasteiger partial charge >= 0.3 is 6.18 Å². The normalized spacial score (nSPS) is 11.9. The summed E-state index contributed by atoms with van der Waals surface area (Å²) in [4.78, 5) is 5.63. The molecule has 0 amide bonds. The number of likely N-dealkylation sites (N-methyl/N-ethyl adjacent to an activating group) is 1. The molecule has 17 heavy (non-hydrogen) atoms. The van der Waals surface area contributed by atoms with Gasteiger partial charge in [0.15, 0.2) is 0 Å². The lowest BCUT2D eigenvalue weighted by atomic mass is 10.1. The van der Waals surface area contributed by atoms with Gasteiger partial charge in [0.25, 0.3) is 0 Å². The minimum Gasteiger partial charge on any atom is -0.481 e. The first-order valence-electron chi connectivity index (χ1n) is 5.09. The highest BCUT2D eigenvalue weighted by molar-refractivity contribution is 5.32. The molecule has 0 aliphatic rings. The molecule has 0 aliphatic carbocycles. The van der Waals surface area contributed by atoms with Gasteiger partial charge < -0.3 is 9.64 Å². The van der Waals surface area contributed by atoms with Crippen LogP contribution in [0.15, 0.2) is 12.3 Å². The number of nitrogens with zero attached hydrogens (tertiary/aromatic N) is 2. The van der Waals surface area contributed by atoms with E-state index < -0.39 is 11.7 Å². The second kappa shape index (κ2) is 5.35. The molecule has 0 N–H and O–H groups in total. The number of pyridine rings is 1. The molecule has 0 atom stereocenters. The zero-order valence-electron chi connectivity index (χ0n) is 10.0. The summed E-state index contributed by atoms with van der Waals surface area (Å²) in [5.41, 5.74) is -0.488. The summed E-state index contributed by atoms with van der Waals surface area (Å²) in [6.07, 6.45) is -2.85. The van der Waals surface area contributed by atoms with E-state index in [-0.39, 0.29) is 11.4 Å². The minimum absolute atomic E-state index is 0.0223. The second-order valence-electron chi connectivity index (χ2n) is 3.93. The number of hydrogen-bond acceptors (Lipinski definition) is 3. The molecule has 0 aromatic carbocycles. The molecule has 0 spiro atoms. The quantitative estimate of drug-likeness (QED) is 0.817. The van der Waals surface area contributed by atoms with Gasteiger partial charge in [-0.15, -0.1) is 0 Å². The Morgan fingerprint density at radius 2 is 2.00 bits per heavy atom. The van der Waals surface area contributed by atoms with E-state index in [1.54, 1.807) is 0 Å². The summed E-state index contributed by atoms with van der Waals surface area (Å²) in [6.45, 7) is 0.539. The van der Waals surface area contributed by atoms with Crippen LogP contribution in [0, 0.1) is 0 Å². The van der Waals surface area contributed by atoms with Crippen LogP contribution >= 0.6 is 0 Å². The molecular formula is C11H15F3N2O. The first kappa shape index (κ1) is 13.8. The Kier molecular flexibility index (Phi) is 4.34. The van der Waals surface area contributed by atoms with Gasteiger partial charge in [-0.3, -0.25) is 0 Å². The average molecular weight is 248 g/mol. The summed E-state index contributed by atoms with van der Waals surface area (Å²) in [5.74, 6) is -0.0223. The number of ether oxygens (including phenoxy) is 1. The van der Waals surface area contributed by atoms with Gasteiger partial charge in [-0.2, -0.15) is 13.2 Å². The number of hydrogen-bond donors (Lipinski definition) is 0. The first-order chi connectivity index (χ1) is 7.84. The van der Waals surface area contributed by atoms with Gasteiger partial charge in [-0.1, -0.05) is 0 Å². The molecule has 96 valence electrons. The molecule has 0 radical (unpaired) electrons. The Hall–Kier alpha value is -1.30. The molecule has 0 bridgehead atoms. The summed E-state index contributed by atoms with van der Waals surface area (Å²) in [7, 11) is 4.91. The van der Waals surface area contributed by atoms with Crippen molar-refractivity contribution < 1.29 is 17.9 Å². The molecule has 0 saturated heterocycles. The highest BCUT2D eigenvalue weighted by Gasteiger charge is 2.34. The maximum atomic E-state index is 12.8. The SMILES string of the molecule is COc1cc(C(F)(F)F)c(CCN(C)C)cn1. The monoisotopic (exact) mass is 248 g/mol. The van der Waals surface area contributed by atoms with E-state index in [0.29, 0.717) is 13.0 Å². The zero-order chi connectivity index (χ0) is 13.1. The van der Waals surface area contributed by atoms with Crippen molar-refractivity contribution in [2.45, 2.75) is 12.6 Å². The van der Waals surface area contributed by atoms with E-state index in [4.69, 9.17) is 4.74 Å². The third-order valence-corrected chi connectivity index (χ3v) is 2.30. The zero-order valence-corrected chi connectivity index (χ0v) is 10.0. The van der Waals surface area contributed by atoms with E-state index in [1.165, 1.54) is 13.3 Å². The fraction of sp³-hybridized carbons (Fsp3) is 0.545. The van der Waals surface area contributed by atoms with Crippen molar-refractivity contribution in [3.63, 3.8) is 0 Å². The topological polar surface area (TPSA) is 25.4 Å². The predicted octanol–water partition coefficient (Wildman–Crippen LogP) is 2.21. The standard InChI is InChI=1S/C11H15F3N2O/c1-16(2)5-4-8-7-15-10(17-3)6-9(8)11(12,13)14/h6-7H,4-5H2,1-3H3. The van der Waals surface area contributed by atoms with Gasteiger partial charge in [0.05, 0.1) is 12.7 Å². The third-order valence-electron chi connectivity index (χ3n) is 2.30. The van der Waals surface area contributed by atoms with E-state index in [0.717, 1.165) is 6.07 Å². The second-order valence-corrected chi connectivity index (χ2v) is 3.93. The Balaban J connectivity index is 3.03. The summed E-state index contributed by atoms with van der Waals surface area (Å²) in [5, 5.41) is 0. The van der Waals surface area contributed by atoms with Crippen molar-refractivity contribution in [3.8, 4) is 5.88 Å². The molecule has 1 aromatic rings. The van der Waals surface area contributed by atoms with Crippen molar-refractivity contribution in [1.29, 1.82) is 0 Å². The fourth-order valence-corrected chi connectivity index (χ4v) is 1.38. The lowest BCUT2D eigenvalue weighted by Gasteiger charge is -2.15. The van der Waals surface area contributed by atoms with Crippen molar-refractivity contribution in [3.05, 3.63) is 23.4 Å². The Morgan fingerprint density at radius 1 is 1.35 bits per heavy atom. The van der Waals surface area contributed by atoms with Crippen LogP contribution < -0.4 is 4.74 Å². The van der Waals surface area contributed by atoms with Gasteiger partial charge in [0.2, 0.25) is 5.88 Å². The Morgan fingerprint density at radius 3 is 2.47 bits per heavy atom. The minimum atomic E-state index is -4.38. The smallest absolute Gasteiger partial charge is 0.416 e. The summed E-state index contributed by atoms with van der Waals surface area (Å²) < 4.78 is 43.1. The van der Waals surface area contributed by atoms with Gasteiger partial charge in [-0.05, 0) is 26.1 Å². The number of alkyl halides is 3. The van der Waals surface area contributed by atoms with Crippen molar-refractivity contribution >= 4 is 0 Å². The molecule has 0 saturated carbocycles. The lowest BCUT2D eigenvalue weighted by Crippen LogP contribution is -2.18. The molecule has 1 rings (SSSR count). The summed E-state index contributed by atoms with van der Waals surface area (Å²) >= 11 is 0. The fourth-order valence-electron chi connectivity index (χ4n) is 1.38. The van der Waals surface area contributed by atoms with Crippen molar-refractivity contribution in [1.82, 2.24) is 9.88 Å². The van der Waals surface area contributed by atoms with E-state index in [9.17, 15) is 13.2 Å². The maximum Gasteiger partial charge on any atom is 0.416 e. The van der Waals surface area contributed by atoms with Crippen LogP contribution in [-0.4, -0.2) is 37.6 Å². The molecule has 0 unspecified atom stereocenters. The number of rotatable bonds is 4. The van der Waals surface area contributed by atoms with Crippen molar-refractivity contribution in [2.75, 3.05) is 27.7 Å². The van der Waals surface area contributed by atoms with Crippen LogP contribution in [0.1, 0.15) is 11.1 Å². The van der Waals surface area contributed by atoms with Crippen LogP contribution in [0.4, 0.5) is 13.2 Å². The largest absolute Gasteiger partial charge is 0.481 e. The molecule has 1 aromatic heterocycles. The highest BCUT2D eigenvalue weighted by Crippen LogP contribution is 2.33. The average Bonchev–Trinajstić information content (AvgIpc) is 2.24. The molecule has 0 fully saturated rings. The molecule has 6 heteroatoms. The lowest BCUT2D eigenvalue weighted by molar-refractivity contribution is -0.138. The van der Waals surface area contributed by atoms with Crippen LogP contribution in [0.25, 0.3) is 0 Å². The van der Waals surface area contributed by atoms with E-state index in [2.05, 4.69) is 4.98 Å². The van der Waals surface area contributed by atoms with Gasteiger partial charge in [-0.25, -0.2) is 4.98 Å². The Bertz CT molecular complexity index is 377. The molecule has 0 aliphatic heterocycles. The third kappa shape index (κ3) is 3.89. The van der Waals surface area contributed by atoms with E-state index in [1.807, 2.05) is 19.0 Å². The van der Waals surface area contributed by atoms with Crippen LogP contribution in [0.5, 0.6) is 5.88 Å². The molecule has 3 nitrogen and oxygen atoms in total. The predicted molar refractivity (Wildman–Crippen MR) is 58.0 cm³/mol. The molecular weight excluding hydrogens is 233 g/mol. The number of halogens is 3. The molecule has 1 heterocycles. The van der Waals surface area contributed by atoms with E-state index >= 15 is 0 Å². The highest BCUT2D eigenvalue weighted by atomic mass is 19.4. The summed E-state index contributed by atoms with van der Waals surface area (Å²) in [6, 6.07) is 0.936. The van der Waals surface area contributed by atoms with Crippen LogP contribution in [0.2, 0.25) is 0 Å². The van der Waals surface area contributed by atoms with Gasteiger partial charge in [0.1, 0.15) is 0 Å². The van der Waals surface area contributed by atoms with Crippen molar-refractivity contribution in [2.24, 2.45) is 0 Å². The first-order valence-corrected chi connectivity index (χ1v) is 5.09. The Labute approximate surface area is 98.2 Å². The van der Waals surface area contributed by atoms with Crippen LogP contribution in [-0.2, 0) is 12.6 Å². The number of aromatic nitrogens is 1. The number of methoxy groups -OCH3 is 1. The van der Waals surface area contributed by atoms with Crippen LogP contribution in [0.3, 0.4) is 0 Å². The van der Waals surface area contributed by atoms with Gasteiger partial charge in [0, 0.05) is 18.8 Å².